The minimum Gasteiger partial charge on any atom is -0.396 e. The molecule has 0 fully saturated rings. The quantitative estimate of drug-likeness (QED) is 0.792. The molecule has 0 aliphatic rings. The Morgan fingerprint density at radius 1 is 1.47 bits per heavy atom. The average Bonchev–Trinajstić information content (AvgIpc) is 2.50. The highest BCUT2D eigenvalue weighted by atomic mass is 16.3. The van der Waals surface area contributed by atoms with Crippen molar-refractivity contribution in [2.45, 2.75) is 39.8 Å². The zero-order valence-electron chi connectivity index (χ0n) is 9.64. The lowest BCUT2D eigenvalue weighted by molar-refractivity contribution is 0.129. The summed E-state index contributed by atoms with van der Waals surface area (Å²) in [4.78, 5) is 0. The normalized spacial score (nSPS) is 14.2. The fraction of sp³-hybridized carbons (Fsp3) is 0.727. The second kappa shape index (κ2) is 4.77. The molecule has 2 N–H and O–H groups in total. The van der Waals surface area contributed by atoms with E-state index in [-0.39, 0.29) is 12.0 Å². The van der Waals surface area contributed by atoms with Crippen LogP contribution in [0.4, 0.5) is 0 Å². The lowest BCUT2D eigenvalue weighted by atomic mass is 9.97. The van der Waals surface area contributed by atoms with Crippen LogP contribution in [0, 0.1) is 5.41 Å². The van der Waals surface area contributed by atoms with Crippen molar-refractivity contribution < 1.29 is 10.2 Å². The van der Waals surface area contributed by atoms with Gasteiger partial charge in [-0.1, -0.05) is 20.8 Å². The molecule has 1 heterocycles. The molecule has 0 unspecified atom stereocenters. The molecule has 1 aromatic heterocycles. The first kappa shape index (κ1) is 12.2. The Morgan fingerprint density at radius 3 is 2.67 bits per heavy atom. The number of hydrogen-bond donors (Lipinski definition) is 2. The van der Waals surface area contributed by atoms with Crippen LogP contribution in [0.5, 0.6) is 0 Å². The number of aliphatic hydroxyl groups is 2. The summed E-state index contributed by atoms with van der Waals surface area (Å²) in [6, 6.07) is 1.80. The van der Waals surface area contributed by atoms with Crippen LogP contribution >= 0.6 is 0 Å². The highest BCUT2D eigenvalue weighted by Gasteiger charge is 2.14. The second-order valence-corrected chi connectivity index (χ2v) is 5.03. The van der Waals surface area contributed by atoms with E-state index in [1.54, 1.807) is 6.07 Å². The number of hydrogen-bond acceptors (Lipinski definition) is 3. The average molecular weight is 212 g/mol. The van der Waals surface area contributed by atoms with Gasteiger partial charge in [0.2, 0.25) is 0 Å². The highest BCUT2D eigenvalue weighted by Crippen LogP contribution is 2.18. The summed E-state index contributed by atoms with van der Waals surface area (Å²) in [5, 5.41) is 22.6. The maximum Gasteiger partial charge on any atom is 0.1000 e. The zero-order valence-corrected chi connectivity index (χ0v) is 9.64. The second-order valence-electron chi connectivity index (χ2n) is 5.03. The standard InChI is InChI=1S/C11H20N2O2/c1-11(2,3)8-13-6-4-9(12-13)10(15)5-7-14/h4,6,10,14-15H,5,7-8H2,1-3H3/t10-/m0/s1. The van der Waals surface area contributed by atoms with Crippen LogP contribution in [0.2, 0.25) is 0 Å². The smallest absolute Gasteiger partial charge is 0.1000 e. The van der Waals surface area contributed by atoms with Crippen molar-refractivity contribution in [1.29, 1.82) is 0 Å². The molecular formula is C11H20N2O2. The highest BCUT2D eigenvalue weighted by molar-refractivity contribution is 5.02. The largest absolute Gasteiger partial charge is 0.396 e. The third-order valence-electron chi connectivity index (χ3n) is 2.04. The summed E-state index contributed by atoms with van der Waals surface area (Å²) < 4.78 is 1.83. The maximum absolute atomic E-state index is 9.60. The van der Waals surface area contributed by atoms with Gasteiger partial charge in [-0.05, 0) is 11.5 Å². The third-order valence-corrected chi connectivity index (χ3v) is 2.04. The van der Waals surface area contributed by atoms with Crippen molar-refractivity contribution in [3.05, 3.63) is 18.0 Å². The van der Waals surface area contributed by atoms with Crippen molar-refractivity contribution in [1.82, 2.24) is 9.78 Å². The van der Waals surface area contributed by atoms with Gasteiger partial charge in [-0.15, -0.1) is 0 Å². The molecule has 0 spiro atoms. The summed E-state index contributed by atoms with van der Waals surface area (Å²) >= 11 is 0. The monoisotopic (exact) mass is 212 g/mol. The Kier molecular flexibility index (Phi) is 3.88. The molecule has 0 radical (unpaired) electrons. The molecule has 1 rings (SSSR count). The Balaban J connectivity index is 2.64. The molecule has 15 heavy (non-hydrogen) atoms. The number of aliphatic hydroxyl groups excluding tert-OH is 2. The molecule has 1 atom stereocenters. The van der Waals surface area contributed by atoms with Crippen LogP contribution in [-0.4, -0.2) is 26.6 Å². The molecule has 0 amide bonds. The fourth-order valence-corrected chi connectivity index (χ4v) is 1.40. The van der Waals surface area contributed by atoms with Crippen molar-refractivity contribution >= 4 is 0 Å². The van der Waals surface area contributed by atoms with Crippen LogP contribution < -0.4 is 0 Å². The van der Waals surface area contributed by atoms with Gasteiger partial charge < -0.3 is 10.2 Å². The van der Waals surface area contributed by atoms with Gasteiger partial charge in [-0.25, -0.2) is 0 Å². The van der Waals surface area contributed by atoms with Gasteiger partial charge in [0.15, 0.2) is 0 Å². The zero-order chi connectivity index (χ0) is 11.5. The topological polar surface area (TPSA) is 58.3 Å². The van der Waals surface area contributed by atoms with Crippen molar-refractivity contribution in [2.75, 3.05) is 6.61 Å². The summed E-state index contributed by atoms with van der Waals surface area (Å²) in [7, 11) is 0. The van der Waals surface area contributed by atoms with E-state index in [1.165, 1.54) is 0 Å². The summed E-state index contributed by atoms with van der Waals surface area (Å²) in [6.07, 6.45) is 1.55. The molecule has 86 valence electrons. The minimum atomic E-state index is -0.656. The van der Waals surface area contributed by atoms with Crippen LogP contribution in [0.3, 0.4) is 0 Å². The van der Waals surface area contributed by atoms with Crippen LogP contribution in [0.25, 0.3) is 0 Å². The molecule has 0 saturated carbocycles. The van der Waals surface area contributed by atoms with Gasteiger partial charge in [0.25, 0.3) is 0 Å². The van der Waals surface area contributed by atoms with Gasteiger partial charge in [0.1, 0.15) is 0 Å². The summed E-state index contributed by atoms with van der Waals surface area (Å²) in [5.74, 6) is 0. The van der Waals surface area contributed by atoms with E-state index in [0.717, 1.165) is 6.54 Å². The van der Waals surface area contributed by atoms with Gasteiger partial charge in [-0.3, -0.25) is 4.68 Å². The Labute approximate surface area is 90.5 Å². The molecule has 0 aliphatic carbocycles. The number of nitrogens with zero attached hydrogens (tertiary/aromatic N) is 2. The SMILES string of the molecule is CC(C)(C)Cn1ccc([C@@H](O)CCO)n1. The molecule has 4 nitrogen and oxygen atoms in total. The van der Waals surface area contributed by atoms with Gasteiger partial charge in [-0.2, -0.15) is 5.10 Å². The fourth-order valence-electron chi connectivity index (χ4n) is 1.40. The lowest BCUT2D eigenvalue weighted by Crippen LogP contribution is -2.16. The molecular weight excluding hydrogens is 192 g/mol. The summed E-state index contributed by atoms with van der Waals surface area (Å²) in [6.45, 7) is 7.21. The molecule has 0 saturated heterocycles. The Bertz CT molecular complexity index is 302. The van der Waals surface area contributed by atoms with Gasteiger partial charge >= 0.3 is 0 Å². The molecule has 0 bridgehead atoms. The van der Waals surface area contributed by atoms with Gasteiger partial charge in [0, 0.05) is 25.8 Å². The first-order chi connectivity index (χ1) is 6.92. The minimum absolute atomic E-state index is 0.0205. The van der Waals surface area contributed by atoms with E-state index in [9.17, 15) is 5.11 Å². The third kappa shape index (κ3) is 4.01. The molecule has 1 aromatic rings. The number of rotatable bonds is 4. The summed E-state index contributed by atoms with van der Waals surface area (Å²) in [5.41, 5.74) is 0.805. The predicted molar refractivity (Wildman–Crippen MR) is 58.3 cm³/mol. The maximum atomic E-state index is 9.60. The van der Waals surface area contributed by atoms with Crippen molar-refractivity contribution in [3.8, 4) is 0 Å². The van der Waals surface area contributed by atoms with Gasteiger partial charge in [0.05, 0.1) is 11.8 Å². The Hall–Kier alpha value is -0.870. The molecule has 4 heteroatoms. The van der Waals surface area contributed by atoms with E-state index < -0.39 is 6.10 Å². The van der Waals surface area contributed by atoms with E-state index in [0.29, 0.717) is 12.1 Å². The van der Waals surface area contributed by atoms with E-state index >= 15 is 0 Å². The lowest BCUT2D eigenvalue weighted by Gasteiger charge is -2.17. The number of aromatic nitrogens is 2. The first-order valence-electron chi connectivity index (χ1n) is 5.24. The molecule has 0 aliphatic heterocycles. The van der Waals surface area contributed by atoms with Crippen molar-refractivity contribution in [3.63, 3.8) is 0 Å². The van der Waals surface area contributed by atoms with E-state index in [1.807, 2.05) is 10.9 Å². The Morgan fingerprint density at radius 2 is 2.13 bits per heavy atom. The van der Waals surface area contributed by atoms with E-state index in [2.05, 4.69) is 25.9 Å². The van der Waals surface area contributed by atoms with Crippen LogP contribution in [-0.2, 0) is 6.54 Å². The van der Waals surface area contributed by atoms with E-state index in [4.69, 9.17) is 5.11 Å². The predicted octanol–water partition coefficient (Wildman–Crippen LogP) is 1.34. The first-order valence-corrected chi connectivity index (χ1v) is 5.24. The van der Waals surface area contributed by atoms with Crippen molar-refractivity contribution in [2.24, 2.45) is 5.41 Å². The van der Waals surface area contributed by atoms with Crippen LogP contribution in [0.15, 0.2) is 12.3 Å². The molecule has 0 aromatic carbocycles. The van der Waals surface area contributed by atoms with Crippen LogP contribution in [0.1, 0.15) is 39.0 Å².